The zero-order valence-electron chi connectivity index (χ0n) is 32.6. The smallest absolute Gasteiger partial charge is 0.193 e. The molecule has 1 rings (SSSR count). The van der Waals surface area contributed by atoms with E-state index in [-0.39, 0.29) is 26.3 Å². The minimum absolute atomic E-state index is 0.00654. The van der Waals surface area contributed by atoms with Gasteiger partial charge >= 0.3 is 0 Å². The van der Waals surface area contributed by atoms with Gasteiger partial charge in [0.1, 0.15) is 23.7 Å². The molecule has 10 heteroatoms. The first-order valence-corrected chi connectivity index (χ1v) is 28.7. The number of furan rings is 1. The van der Waals surface area contributed by atoms with Gasteiger partial charge in [0, 0.05) is 5.56 Å². The van der Waals surface area contributed by atoms with E-state index in [4.69, 9.17) is 33.7 Å². The number of hydrogen-bond acceptors (Lipinski definition) is 5. The molecule has 0 amide bonds. The molecular formula is C34H71ClO5Si4. The highest BCUT2D eigenvalue weighted by Crippen LogP contribution is 2.47. The van der Waals surface area contributed by atoms with Crippen LogP contribution in [0, 0.1) is 6.92 Å². The van der Waals surface area contributed by atoms with E-state index in [0.29, 0.717) is 12.5 Å². The predicted octanol–water partition coefficient (Wildman–Crippen LogP) is 12.2. The lowest BCUT2D eigenvalue weighted by molar-refractivity contribution is -0.0639. The predicted molar refractivity (Wildman–Crippen MR) is 201 cm³/mol. The Bertz CT molecular complexity index is 1070. The molecule has 0 radical (unpaired) electrons. The third-order valence-electron chi connectivity index (χ3n) is 11.3. The van der Waals surface area contributed by atoms with Gasteiger partial charge in [-0.1, -0.05) is 83.1 Å². The molecule has 0 saturated carbocycles. The van der Waals surface area contributed by atoms with E-state index in [1.54, 1.807) is 0 Å². The van der Waals surface area contributed by atoms with Crippen molar-refractivity contribution in [2.45, 2.75) is 187 Å². The average molecular weight is 708 g/mol. The van der Waals surface area contributed by atoms with Gasteiger partial charge in [0.25, 0.3) is 0 Å². The molecule has 0 saturated heterocycles. The van der Waals surface area contributed by atoms with Crippen LogP contribution >= 0.6 is 11.6 Å². The minimum Gasteiger partial charge on any atom is -0.463 e. The first-order chi connectivity index (χ1) is 19.2. The van der Waals surface area contributed by atoms with Crippen LogP contribution in [0.3, 0.4) is 0 Å². The van der Waals surface area contributed by atoms with E-state index in [1.807, 2.05) is 6.92 Å². The van der Waals surface area contributed by atoms with Gasteiger partial charge in [0.05, 0.1) is 18.6 Å². The summed E-state index contributed by atoms with van der Waals surface area (Å²) in [4.78, 5) is 0. The molecule has 0 fully saturated rings. The third kappa shape index (κ3) is 10.4. The second-order valence-corrected chi connectivity index (χ2v) is 38.3. The molecule has 0 bridgehead atoms. The van der Waals surface area contributed by atoms with Crippen LogP contribution in [0.15, 0.2) is 10.5 Å². The van der Waals surface area contributed by atoms with Crippen molar-refractivity contribution in [1.82, 2.24) is 0 Å². The van der Waals surface area contributed by atoms with Gasteiger partial charge in [-0.25, -0.2) is 0 Å². The first kappa shape index (κ1) is 42.3. The Labute approximate surface area is 282 Å². The Morgan fingerprint density at radius 1 is 0.636 bits per heavy atom. The molecule has 0 spiro atoms. The van der Waals surface area contributed by atoms with Crippen molar-refractivity contribution < 1.29 is 22.1 Å². The van der Waals surface area contributed by atoms with Crippen LogP contribution < -0.4 is 0 Å². The highest BCUT2D eigenvalue weighted by atomic mass is 35.5. The molecule has 1 heterocycles. The van der Waals surface area contributed by atoms with Crippen molar-refractivity contribution in [2.75, 3.05) is 6.61 Å². The van der Waals surface area contributed by atoms with Crippen LogP contribution in [0.1, 0.15) is 106 Å². The monoisotopic (exact) mass is 706 g/mol. The molecule has 44 heavy (non-hydrogen) atoms. The SMILES string of the molecule is Cc1oc([C@@H](O[Si](C)(C)C(C)(C)C)[C@H](O[Si](C)(C)C(C)(C)C)[C@@H](CO[Si](C)(C)C(C)(C)C)O[Si](C)(C)C(C)(C)C)cc1CCl. The standard InChI is InChI=1S/C34H71ClO5Si4/c1-25-26(23-35)22-27(37-25)29(39-43(18,19)33(8,9)10)30(40-44(20,21)34(11,12)13)28(38-42(16,17)32(5,6)7)24-36-41(14,15)31(2,3)4/h22,28-30H,23-24H2,1-21H3/t28-,29-,30-/m1/s1. The average Bonchev–Trinajstić information content (AvgIpc) is 3.16. The molecule has 0 aromatic carbocycles. The van der Waals surface area contributed by atoms with Crippen molar-refractivity contribution in [3.63, 3.8) is 0 Å². The fraction of sp³-hybridized carbons (Fsp3) is 0.882. The van der Waals surface area contributed by atoms with E-state index in [9.17, 15) is 0 Å². The van der Waals surface area contributed by atoms with Crippen LogP contribution in [0.4, 0.5) is 0 Å². The van der Waals surface area contributed by atoms with Crippen molar-refractivity contribution in [3.05, 3.63) is 23.2 Å². The van der Waals surface area contributed by atoms with Gasteiger partial charge < -0.3 is 22.1 Å². The summed E-state index contributed by atoms with van der Waals surface area (Å²) in [6.07, 6.45) is -1.25. The molecule has 3 atom stereocenters. The van der Waals surface area contributed by atoms with Gasteiger partial charge in [-0.05, 0) is 85.5 Å². The van der Waals surface area contributed by atoms with Crippen LogP contribution in [-0.2, 0) is 23.6 Å². The Morgan fingerprint density at radius 3 is 1.39 bits per heavy atom. The maximum absolute atomic E-state index is 7.51. The minimum atomic E-state index is -2.34. The number of aryl methyl sites for hydroxylation is 1. The Kier molecular flexibility index (Phi) is 13.5. The van der Waals surface area contributed by atoms with E-state index in [2.05, 4.69) is 142 Å². The largest absolute Gasteiger partial charge is 0.463 e. The summed E-state index contributed by atoms with van der Waals surface area (Å²) in [6, 6.07) is 2.08. The van der Waals surface area contributed by atoms with Crippen LogP contribution in [0.5, 0.6) is 0 Å². The molecule has 1 aromatic rings. The Balaban J connectivity index is 4.10. The maximum Gasteiger partial charge on any atom is 0.193 e. The summed E-state index contributed by atoms with van der Waals surface area (Å²) in [5, 5.41) is 0.0351. The fourth-order valence-electron chi connectivity index (χ4n) is 3.71. The molecule has 0 unspecified atom stereocenters. The van der Waals surface area contributed by atoms with Gasteiger partial charge in [-0.2, -0.15) is 0 Å². The van der Waals surface area contributed by atoms with Gasteiger partial charge in [0.15, 0.2) is 33.3 Å². The topological polar surface area (TPSA) is 50.1 Å². The van der Waals surface area contributed by atoms with E-state index in [0.717, 1.165) is 17.1 Å². The number of halogens is 1. The molecule has 5 nitrogen and oxygen atoms in total. The van der Waals surface area contributed by atoms with Gasteiger partial charge in [0.2, 0.25) is 0 Å². The molecule has 0 N–H and O–H groups in total. The summed E-state index contributed by atoms with van der Waals surface area (Å²) in [7, 11) is -9.04. The number of alkyl halides is 1. The first-order valence-electron chi connectivity index (χ1n) is 16.5. The van der Waals surface area contributed by atoms with Crippen molar-refractivity contribution >= 4 is 44.9 Å². The highest BCUT2D eigenvalue weighted by molar-refractivity contribution is 6.75. The van der Waals surface area contributed by atoms with Crippen molar-refractivity contribution in [1.29, 1.82) is 0 Å². The number of rotatable bonds is 13. The summed E-state index contributed by atoms with van der Waals surface area (Å²) in [5.41, 5.74) is 0.982. The molecule has 260 valence electrons. The Hall–Kier alpha value is 0.278. The summed E-state index contributed by atoms with van der Waals surface area (Å²) in [6.45, 7) is 48.4. The highest BCUT2D eigenvalue weighted by Gasteiger charge is 2.51. The van der Waals surface area contributed by atoms with E-state index in [1.165, 1.54) is 0 Å². The molecular weight excluding hydrogens is 636 g/mol. The van der Waals surface area contributed by atoms with Crippen LogP contribution in [-0.4, -0.2) is 52.1 Å². The molecule has 1 aromatic heterocycles. The second kappa shape index (κ2) is 14.0. The van der Waals surface area contributed by atoms with Gasteiger partial charge in [-0.15, -0.1) is 11.6 Å². The van der Waals surface area contributed by atoms with Gasteiger partial charge in [-0.3, -0.25) is 0 Å². The van der Waals surface area contributed by atoms with Crippen molar-refractivity contribution in [2.24, 2.45) is 0 Å². The zero-order valence-corrected chi connectivity index (χ0v) is 37.4. The molecule has 0 aliphatic heterocycles. The van der Waals surface area contributed by atoms with Crippen LogP contribution in [0.2, 0.25) is 72.5 Å². The zero-order chi connectivity index (χ0) is 35.1. The molecule has 0 aliphatic carbocycles. The quantitative estimate of drug-likeness (QED) is 0.151. The number of hydrogen-bond donors (Lipinski definition) is 0. The maximum atomic E-state index is 7.51. The second-order valence-electron chi connectivity index (χ2n) is 19.0. The lowest BCUT2D eigenvalue weighted by Crippen LogP contribution is -2.57. The van der Waals surface area contributed by atoms with E-state index >= 15 is 0 Å². The van der Waals surface area contributed by atoms with Crippen LogP contribution in [0.25, 0.3) is 0 Å². The Morgan fingerprint density at radius 2 is 1.02 bits per heavy atom. The van der Waals surface area contributed by atoms with Crippen molar-refractivity contribution in [3.8, 4) is 0 Å². The normalized spacial score (nSPS) is 17.1. The lowest BCUT2D eigenvalue weighted by atomic mass is 10.1. The lowest BCUT2D eigenvalue weighted by Gasteiger charge is -2.49. The summed E-state index contributed by atoms with van der Waals surface area (Å²) in [5.74, 6) is 1.97. The van der Waals surface area contributed by atoms with E-state index < -0.39 is 45.5 Å². The third-order valence-corrected chi connectivity index (χ3v) is 29.5. The molecule has 0 aliphatic rings. The summed E-state index contributed by atoms with van der Waals surface area (Å²) >= 11 is 6.39. The summed E-state index contributed by atoms with van der Waals surface area (Å²) < 4.78 is 35.8. The fourth-order valence-corrected chi connectivity index (χ4v) is 8.85.